The van der Waals surface area contributed by atoms with Crippen LogP contribution in [0.15, 0.2) is 24.3 Å². The van der Waals surface area contributed by atoms with E-state index in [-0.39, 0.29) is 28.8 Å². The molecule has 5 atom stereocenters. The molecule has 2 saturated heterocycles. The monoisotopic (exact) mass is 396 g/mol. The molecule has 6 heteroatoms. The van der Waals surface area contributed by atoms with Crippen LogP contribution < -0.4 is 4.90 Å². The fourth-order valence-corrected chi connectivity index (χ4v) is 8.59. The Morgan fingerprint density at radius 3 is 2.66 bits per heavy atom. The molecule has 1 amide bonds. The highest BCUT2D eigenvalue weighted by molar-refractivity contribution is 5.97. The lowest BCUT2D eigenvalue weighted by Gasteiger charge is -2.69. The summed E-state index contributed by atoms with van der Waals surface area (Å²) in [5.41, 5.74) is 1.47. The maximum atomic E-state index is 13.2. The standard InChI is InChI=1S/C23H28N2O4/c1-28-18(26)16-14-21-8-5-12-24-13-11-22(19(21)24)15-6-3-4-7-17(15)25(20(27)29-2)23(16,22)10-9-21/h3-4,6-7,16,19H,5,8-14H2,1-2H3/t16?,19-,21+,22+,23?/m0/s1. The molecule has 1 aromatic rings. The van der Waals surface area contributed by atoms with Crippen molar-refractivity contribution in [3.05, 3.63) is 29.8 Å². The minimum atomic E-state index is -0.602. The number of hydrogen-bond donors (Lipinski definition) is 0. The van der Waals surface area contributed by atoms with Crippen LogP contribution in [0.3, 0.4) is 0 Å². The van der Waals surface area contributed by atoms with Crippen molar-refractivity contribution in [3.8, 4) is 0 Å². The molecule has 3 spiro atoms. The molecule has 2 unspecified atom stereocenters. The molecule has 5 fully saturated rings. The van der Waals surface area contributed by atoms with Crippen molar-refractivity contribution >= 4 is 17.7 Å². The lowest BCUT2D eigenvalue weighted by Crippen LogP contribution is -2.79. The Bertz CT molecular complexity index is 918. The Kier molecular flexibility index (Phi) is 3.39. The van der Waals surface area contributed by atoms with Gasteiger partial charge in [-0.1, -0.05) is 18.2 Å². The van der Waals surface area contributed by atoms with Gasteiger partial charge in [0.1, 0.15) is 0 Å². The fourth-order valence-electron chi connectivity index (χ4n) is 8.59. The highest BCUT2D eigenvalue weighted by Crippen LogP contribution is 2.75. The number of benzene rings is 1. The lowest BCUT2D eigenvalue weighted by molar-refractivity contribution is -0.174. The number of amides is 1. The third-order valence-electron chi connectivity index (χ3n) is 9.16. The molecule has 0 radical (unpaired) electrons. The summed E-state index contributed by atoms with van der Waals surface area (Å²) in [5.74, 6) is -0.491. The van der Waals surface area contributed by atoms with E-state index in [9.17, 15) is 9.59 Å². The molecule has 3 saturated carbocycles. The summed E-state index contributed by atoms with van der Waals surface area (Å²) in [5, 5.41) is 0. The van der Waals surface area contributed by atoms with E-state index in [4.69, 9.17) is 9.47 Å². The summed E-state index contributed by atoms with van der Waals surface area (Å²) in [6.45, 7) is 2.15. The van der Waals surface area contributed by atoms with Crippen LogP contribution >= 0.6 is 0 Å². The van der Waals surface area contributed by atoms with Gasteiger partial charge in [-0.25, -0.2) is 4.79 Å². The Balaban J connectivity index is 1.69. The molecule has 3 aliphatic heterocycles. The number of ether oxygens (including phenoxy) is 2. The SMILES string of the molecule is COC(=O)C1C[C@@]23CCCN4CC[C@@]5(c6ccccc6N(C(=O)OC)C15CC2)[C@@H]43. The number of piperidine rings is 1. The minimum absolute atomic E-state index is 0.134. The second kappa shape index (κ2) is 5.54. The van der Waals surface area contributed by atoms with Gasteiger partial charge in [0.2, 0.25) is 0 Å². The van der Waals surface area contributed by atoms with E-state index in [1.54, 1.807) is 0 Å². The van der Waals surface area contributed by atoms with Gasteiger partial charge in [0.25, 0.3) is 0 Å². The van der Waals surface area contributed by atoms with Crippen LogP contribution in [0.5, 0.6) is 0 Å². The second-order valence-corrected chi connectivity index (χ2v) is 9.65. The van der Waals surface area contributed by atoms with Crippen molar-refractivity contribution in [2.24, 2.45) is 11.3 Å². The van der Waals surface area contributed by atoms with Crippen LogP contribution in [0, 0.1) is 11.3 Å². The summed E-state index contributed by atoms with van der Waals surface area (Å²) in [6.07, 6.45) is 5.69. The van der Waals surface area contributed by atoms with Gasteiger partial charge in [-0.3, -0.25) is 14.6 Å². The van der Waals surface area contributed by atoms with E-state index in [0.29, 0.717) is 6.04 Å². The van der Waals surface area contributed by atoms with E-state index < -0.39 is 5.54 Å². The summed E-state index contributed by atoms with van der Waals surface area (Å²) < 4.78 is 10.7. The zero-order chi connectivity index (χ0) is 20.0. The van der Waals surface area contributed by atoms with Crippen molar-refractivity contribution in [1.29, 1.82) is 0 Å². The fraction of sp³-hybridized carbons (Fsp3) is 0.652. The predicted octanol–water partition coefficient (Wildman–Crippen LogP) is 3.09. The summed E-state index contributed by atoms with van der Waals surface area (Å²) in [4.78, 5) is 31.0. The first-order valence-corrected chi connectivity index (χ1v) is 10.9. The molecular formula is C23H28N2O4. The van der Waals surface area contributed by atoms with Crippen LogP contribution in [0.1, 0.15) is 44.1 Å². The smallest absolute Gasteiger partial charge is 0.414 e. The largest absolute Gasteiger partial charge is 0.469 e. The normalized spacial score (nSPS) is 41.5. The van der Waals surface area contributed by atoms with Crippen molar-refractivity contribution in [2.45, 2.75) is 55.5 Å². The maximum Gasteiger partial charge on any atom is 0.414 e. The maximum absolute atomic E-state index is 13.2. The topological polar surface area (TPSA) is 59.1 Å². The Hall–Kier alpha value is -2.08. The van der Waals surface area contributed by atoms with E-state index in [0.717, 1.165) is 44.5 Å². The molecule has 154 valence electrons. The lowest BCUT2D eigenvalue weighted by atomic mass is 9.38. The molecule has 7 rings (SSSR count). The first-order chi connectivity index (χ1) is 14.1. The number of nitrogens with zero attached hydrogens (tertiary/aromatic N) is 2. The van der Waals surface area contributed by atoms with Gasteiger partial charge in [-0.15, -0.1) is 0 Å². The van der Waals surface area contributed by atoms with E-state index in [2.05, 4.69) is 17.0 Å². The van der Waals surface area contributed by atoms with Gasteiger partial charge in [0.15, 0.2) is 0 Å². The third-order valence-corrected chi connectivity index (χ3v) is 9.16. The van der Waals surface area contributed by atoms with Gasteiger partial charge in [-0.2, -0.15) is 0 Å². The zero-order valence-corrected chi connectivity index (χ0v) is 17.1. The Morgan fingerprint density at radius 2 is 1.86 bits per heavy atom. The molecule has 3 aliphatic carbocycles. The van der Waals surface area contributed by atoms with Gasteiger partial charge in [0, 0.05) is 11.5 Å². The number of fused-ring (bicyclic) bond motifs is 3. The molecule has 1 aromatic carbocycles. The molecular weight excluding hydrogens is 368 g/mol. The molecule has 29 heavy (non-hydrogen) atoms. The molecule has 3 heterocycles. The quantitative estimate of drug-likeness (QED) is 0.683. The zero-order valence-electron chi connectivity index (χ0n) is 17.1. The first kappa shape index (κ1) is 17.8. The van der Waals surface area contributed by atoms with Crippen molar-refractivity contribution in [2.75, 3.05) is 32.2 Å². The molecule has 0 N–H and O–H groups in total. The molecule has 6 nitrogen and oxygen atoms in total. The number of anilines is 1. The highest BCUT2D eigenvalue weighted by atomic mass is 16.5. The number of rotatable bonds is 1. The van der Waals surface area contributed by atoms with E-state index >= 15 is 0 Å². The Morgan fingerprint density at radius 1 is 1.03 bits per heavy atom. The van der Waals surface area contributed by atoms with Crippen LogP contribution in [0.25, 0.3) is 0 Å². The molecule has 0 aromatic heterocycles. The van der Waals surface area contributed by atoms with Crippen LogP contribution in [0.2, 0.25) is 0 Å². The van der Waals surface area contributed by atoms with Gasteiger partial charge >= 0.3 is 12.1 Å². The number of methoxy groups -OCH3 is 2. The third kappa shape index (κ3) is 1.72. The summed E-state index contributed by atoms with van der Waals surface area (Å²) >= 11 is 0. The average molecular weight is 396 g/mol. The molecule has 2 bridgehead atoms. The van der Waals surface area contributed by atoms with E-state index in [1.807, 2.05) is 17.0 Å². The van der Waals surface area contributed by atoms with Gasteiger partial charge in [0.05, 0.1) is 31.4 Å². The second-order valence-electron chi connectivity index (χ2n) is 9.65. The van der Waals surface area contributed by atoms with Crippen LogP contribution in [-0.4, -0.2) is 55.9 Å². The average Bonchev–Trinajstić information content (AvgIpc) is 3.29. The van der Waals surface area contributed by atoms with Crippen molar-refractivity contribution < 1.29 is 19.1 Å². The number of carbonyl (C=O) groups excluding carboxylic acids is 2. The van der Waals surface area contributed by atoms with E-state index in [1.165, 1.54) is 32.6 Å². The number of hydrogen-bond acceptors (Lipinski definition) is 5. The first-order valence-electron chi connectivity index (χ1n) is 10.9. The number of para-hydroxylation sites is 1. The predicted molar refractivity (Wildman–Crippen MR) is 107 cm³/mol. The van der Waals surface area contributed by atoms with Crippen LogP contribution in [-0.2, 0) is 19.7 Å². The summed E-state index contributed by atoms with van der Waals surface area (Å²) in [6, 6.07) is 8.68. The highest BCUT2D eigenvalue weighted by Gasteiger charge is 2.81. The van der Waals surface area contributed by atoms with Gasteiger partial charge in [-0.05, 0) is 68.7 Å². The number of esters is 1. The van der Waals surface area contributed by atoms with Crippen molar-refractivity contribution in [1.82, 2.24) is 4.90 Å². The van der Waals surface area contributed by atoms with Crippen molar-refractivity contribution in [3.63, 3.8) is 0 Å². The number of carbonyl (C=O) groups is 2. The van der Waals surface area contributed by atoms with Gasteiger partial charge < -0.3 is 9.47 Å². The minimum Gasteiger partial charge on any atom is -0.469 e. The molecule has 6 aliphatic rings. The summed E-state index contributed by atoms with van der Waals surface area (Å²) in [7, 11) is 2.92. The van der Waals surface area contributed by atoms with Crippen LogP contribution in [0.4, 0.5) is 10.5 Å². The Labute approximate surface area is 171 Å².